The van der Waals surface area contributed by atoms with Crippen molar-refractivity contribution in [2.75, 3.05) is 142 Å². The van der Waals surface area contributed by atoms with Crippen LogP contribution < -0.4 is 49.5 Å². The van der Waals surface area contributed by atoms with Crippen LogP contribution in [0.15, 0.2) is 0 Å². The summed E-state index contributed by atoms with van der Waals surface area (Å²) < 4.78 is 18.0. The Morgan fingerprint density at radius 2 is 0.750 bits per heavy atom. The topological polar surface area (TPSA) is 314 Å². The van der Waals surface area contributed by atoms with Crippen LogP contribution in [-0.4, -0.2) is 156 Å². The van der Waals surface area contributed by atoms with Crippen LogP contribution in [0.5, 0.6) is 0 Å². The summed E-state index contributed by atoms with van der Waals surface area (Å²) in [6, 6.07) is 0.668. The zero-order valence-electron chi connectivity index (χ0n) is 30.9. The number of rotatable bonds is 27. The van der Waals surface area contributed by atoms with E-state index in [1.165, 1.54) is 0 Å². The van der Waals surface area contributed by atoms with E-state index in [0.29, 0.717) is 115 Å². The number of nitrogens with one attached hydrogen (secondary N) is 5. The highest BCUT2D eigenvalue weighted by atomic mass is 28.4. The number of aromatic nitrogens is 9. The van der Waals surface area contributed by atoms with Crippen molar-refractivity contribution in [1.29, 1.82) is 0 Å². The maximum absolute atomic E-state index is 5.99. The molecule has 3 aromatic rings. The second-order valence-corrected chi connectivity index (χ2v) is 14.1. The predicted molar refractivity (Wildman–Crippen MR) is 205 cm³/mol. The molecular weight excluding hydrogens is 693 g/mol. The van der Waals surface area contributed by atoms with Crippen LogP contribution in [0.2, 0.25) is 6.04 Å². The number of anilines is 9. The molecule has 290 valence electrons. The van der Waals surface area contributed by atoms with Crippen molar-refractivity contribution in [3.05, 3.63) is 0 Å². The first-order valence-electron chi connectivity index (χ1n) is 17.3. The lowest BCUT2D eigenvalue weighted by atomic mass is 10.5. The van der Waals surface area contributed by atoms with Crippen molar-refractivity contribution >= 4 is 62.3 Å². The minimum absolute atomic E-state index is 0.0681. The summed E-state index contributed by atoms with van der Waals surface area (Å²) in [6.07, 6.45) is 0.745. The monoisotopic (exact) mass is 748 g/mol. The number of likely N-dealkylation sites (N-methyl/N-ethyl adjacent to an activating group) is 2. The van der Waals surface area contributed by atoms with Crippen LogP contribution in [0.4, 0.5) is 53.5 Å². The first-order valence-corrected chi connectivity index (χ1v) is 19.2. The molecule has 3 rings (SSSR count). The van der Waals surface area contributed by atoms with Gasteiger partial charge in [-0.3, -0.25) is 0 Å². The fraction of sp³-hybridized carbons (Fsp3) is 0.679. The Bertz CT molecular complexity index is 1330. The molecule has 0 saturated carbocycles. The third-order valence-corrected chi connectivity index (χ3v) is 10.3. The number of nitrogens with two attached hydrogens (primary N) is 4. The van der Waals surface area contributed by atoms with E-state index in [0.717, 1.165) is 6.42 Å². The molecule has 0 aliphatic heterocycles. The van der Waals surface area contributed by atoms with E-state index < -0.39 is 8.80 Å². The van der Waals surface area contributed by atoms with Crippen LogP contribution in [0, 0.1) is 0 Å². The molecule has 0 atom stereocenters. The van der Waals surface area contributed by atoms with Gasteiger partial charge in [-0.05, 0) is 41.3 Å². The molecule has 24 heteroatoms. The average molecular weight is 749 g/mol. The summed E-state index contributed by atoms with van der Waals surface area (Å²) in [4.78, 5) is 41.8. The molecule has 0 aliphatic rings. The average Bonchev–Trinajstić information content (AvgIpc) is 3.06. The van der Waals surface area contributed by atoms with Gasteiger partial charge in [0.05, 0.1) is 0 Å². The Balaban J connectivity index is 1.54. The fourth-order valence-electron chi connectivity index (χ4n) is 4.75. The van der Waals surface area contributed by atoms with Gasteiger partial charge in [0.1, 0.15) is 0 Å². The minimum atomic E-state index is -2.76. The molecule has 0 saturated heterocycles. The number of hydrogen-bond acceptors (Lipinski definition) is 23. The molecule has 0 aliphatic carbocycles. The third kappa shape index (κ3) is 15.6. The Morgan fingerprint density at radius 3 is 1.06 bits per heavy atom. The van der Waals surface area contributed by atoms with E-state index >= 15 is 0 Å². The van der Waals surface area contributed by atoms with Crippen molar-refractivity contribution in [3.63, 3.8) is 0 Å². The van der Waals surface area contributed by atoms with Crippen LogP contribution in [-0.2, 0) is 13.3 Å². The lowest BCUT2D eigenvalue weighted by molar-refractivity contribution is 0.0710. The van der Waals surface area contributed by atoms with Crippen LogP contribution in [0.3, 0.4) is 0 Å². The van der Waals surface area contributed by atoms with Crippen molar-refractivity contribution in [2.45, 2.75) is 33.2 Å². The lowest BCUT2D eigenvalue weighted by Crippen LogP contribution is -2.46. The second-order valence-electron chi connectivity index (χ2n) is 11.4. The first kappa shape index (κ1) is 41.7. The molecule has 0 amide bonds. The highest BCUT2D eigenvalue weighted by Crippen LogP contribution is 2.19. The minimum Gasteiger partial charge on any atom is -0.374 e. The van der Waals surface area contributed by atoms with Gasteiger partial charge in [-0.25, -0.2) is 0 Å². The van der Waals surface area contributed by atoms with E-state index in [1.54, 1.807) is 0 Å². The Labute approximate surface area is 305 Å². The molecule has 52 heavy (non-hydrogen) atoms. The SMILES string of the molecule is CCO[Si](CCCNc1nc(NCCN(C)CCNc2nc(N)nc(N)n2)nc(NCCN(C)CCNc2nc(N)nc(N)n2)n1)(OCC)OCC. The summed E-state index contributed by atoms with van der Waals surface area (Å²) in [5, 5.41) is 16.2. The highest BCUT2D eigenvalue weighted by Gasteiger charge is 2.39. The summed E-state index contributed by atoms with van der Waals surface area (Å²) in [7, 11) is 1.25. The Kier molecular flexibility index (Phi) is 17.8. The molecule has 3 heterocycles. The van der Waals surface area contributed by atoms with Crippen LogP contribution >= 0.6 is 0 Å². The normalized spacial score (nSPS) is 11.6. The smallest absolute Gasteiger partial charge is 0.374 e. The molecule has 0 aromatic carbocycles. The largest absolute Gasteiger partial charge is 0.500 e. The van der Waals surface area contributed by atoms with Crippen LogP contribution in [0.25, 0.3) is 0 Å². The Morgan fingerprint density at radius 1 is 0.462 bits per heavy atom. The van der Waals surface area contributed by atoms with E-state index in [2.05, 4.69) is 81.2 Å². The van der Waals surface area contributed by atoms with Gasteiger partial charge in [-0.15, -0.1) is 0 Å². The van der Waals surface area contributed by atoms with Crippen molar-refractivity contribution < 1.29 is 13.3 Å². The van der Waals surface area contributed by atoms with Gasteiger partial charge in [-0.2, -0.15) is 44.9 Å². The summed E-state index contributed by atoms with van der Waals surface area (Å²) in [5.41, 5.74) is 22.6. The zero-order chi connectivity index (χ0) is 37.8. The fourth-order valence-corrected chi connectivity index (χ4v) is 7.37. The summed E-state index contributed by atoms with van der Waals surface area (Å²) in [5.74, 6) is 2.27. The predicted octanol–water partition coefficient (Wildman–Crippen LogP) is -0.668. The molecule has 0 bridgehead atoms. The van der Waals surface area contributed by atoms with E-state index in [4.69, 9.17) is 36.2 Å². The zero-order valence-corrected chi connectivity index (χ0v) is 31.9. The van der Waals surface area contributed by atoms with E-state index in [9.17, 15) is 0 Å². The van der Waals surface area contributed by atoms with Crippen molar-refractivity contribution in [1.82, 2.24) is 54.7 Å². The van der Waals surface area contributed by atoms with Crippen molar-refractivity contribution in [3.8, 4) is 0 Å². The molecule has 0 radical (unpaired) electrons. The molecule has 0 fully saturated rings. The molecule has 3 aromatic heterocycles. The van der Waals surface area contributed by atoms with Gasteiger partial charge in [-0.1, -0.05) is 0 Å². The lowest BCUT2D eigenvalue weighted by Gasteiger charge is -2.28. The van der Waals surface area contributed by atoms with Gasteiger partial charge in [0.15, 0.2) is 0 Å². The maximum Gasteiger partial charge on any atom is 0.500 e. The van der Waals surface area contributed by atoms with E-state index in [-0.39, 0.29) is 23.8 Å². The van der Waals surface area contributed by atoms with Gasteiger partial charge < -0.3 is 72.6 Å². The number of hydrogen-bond donors (Lipinski definition) is 9. The maximum atomic E-state index is 5.99. The molecule has 13 N–H and O–H groups in total. The quantitative estimate of drug-likeness (QED) is 0.0345. The van der Waals surface area contributed by atoms with Gasteiger partial charge in [0.2, 0.25) is 53.5 Å². The molecule has 0 spiro atoms. The number of nitrogens with zero attached hydrogens (tertiary/aromatic N) is 11. The molecule has 0 unspecified atom stereocenters. The first-order chi connectivity index (χ1) is 25.0. The summed E-state index contributed by atoms with van der Waals surface area (Å²) in [6.45, 7) is 13.2. The molecule has 23 nitrogen and oxygen atoms in total. The van der Waals surface area contributed by atoms with E-state index in [1.807, 2.05) is 34.9 Å². The molecular formula is C28H56N20O3Si. The standard InChI is InChI=1S/C28H56N20O3Si/c1-6-49-52(50-7-2,51-8-3)19-9-10-33-26-44-27(36-13-17-47(4)15-11-34-24-40-20(29)38-21(30)41-24)46-28(45-26)37-14-18-48(5)16-12-35-25-42-22(31)39-23(32)43-25/h6-19H2,1-5H3,(H5,29,30,34,38,40,41)(H5,31,32,35,39,42,43)(H3,33,36,37,44,45,46). The number of nitrogen functional groups attached to an aromatic ring is 4. The third-order valence-electron chi connectivity index (χ3n) is 7.12. The van der Waals surface area contributed by atoms with Gasteiger partial charge >= 0.3 is 8.80 Å². The highest BCUT2D eigenvalue weighted by molar-refractivity contribution is 6.60. The second kappa shape index (κ2) is 22.2. The van der Waals surface area contributed by atoms with Gasteiger partial charge in [0, 0.05) is 84.8 Å². The Hall–Kier alpha value is -4.75. The van der Waals surface area contributed by atoms with Crippen molar-refractivity contribution in [2.24, 2.45) is 0 Å². The van der Waals surface area contributed by atoms with Gasteiger partial charge in [0.25, 0.3) is 0 Å². The van der Waals surface area contributed by atoms with Crippen LogP contribution in [0.1, 0.15) is 27.2 Å². The summed E-state index contributed by atoms with van der Waals surface area (Å²) >= 11 is 0.